The summed E-state index contributed by atoms with van der Waals surface area (Å²) in [5, 5.41) is 0.919. The van der Waals surface area contributed by atoms with Crippen LogP contribution < -0.4 is 0 Å². The Labute approximate surface area is 134 Å². The smallest absolute Gasteiger partial charge is 0.213 e. The van der Waals surface area contributed by atoms with Gasteiger partial charge in [-0.3, -0.25) is 4.40 Å². The highest BCUT2D eigenvalue weighted by Gasteiger charge is 2.23. The van der Waals surface area contributed by atoms with Gasteiger partial charge < -0.3 is 0 Å². The van der Waals surface area contributed by atoms with Crippen molar-refractivity contribution < 1.29 is 0 Å². The van der Waals surface area contributed by atoms with Crippen LogP contribution in [0.2, 0.25) is 0 Å². The maximum atomic E-state index is 7.43. The lowest BCUT2D eigenvalue weighted by molar-refractivity contribution is 0.542. The molecule has 4 aromatic rings. The zero-order valence-electron chi connectivity index (χ0n) is 13.3. The van der Waals surface area contributed by atoms with Crippen molar-refractivity contribution in [3.8, 4) is 0 Å². The molecule has 0 aliphatic heterocycles. The summed E-state index contributed by atoms with van der Waals surface area (Å²) in [7, 11) is 0. The molecular formula is C19H16N4. The molecule has 0 saturated heterocycles. The molecule has 112 valence electrons. The number of benzene rings is 2. The summed E-state index contributed by atoms with van der Waals surface area (Å²) >= 11 is 0. The Morgan fingerprint density at radius 3 is 2.52 bits per heavy atom. The minimum Gasteiger partial charge on any atom is -0.279 e. The van der Waals surface area contributed by atoms with Crippen LogP contribution in [-0.2, 0) is 5.41 Å². The number of fused-ring (bicyclic) bond motifs is 5. The fraction of sp³-hybridized carbons (Fsp3) is 0.211. The quantitative estimate of drug-likeness (QED) is 0.434. The third kappa shape index (κ3) is 1.90. The fourth-order valence-corrected chi connectivity index (χ4v) is 3.00. The van der Waals surface area contributed by atoms with Crippen molar-refractivity contribution in [3.63, 3.8) is 0 Å². The molecular weight excluding hydrogens is 284 g/mol. The van der Waals surface area contributed by atoms with Crippen molar-refractivity contribution in [2.75, 3.05) is 0 Å². The van der Waals surface area contributed by atoms with Crippen LogP contribution in [0.25, 0.3) is 32.4 Å². The molecule has 0 radical (unpaired) electrons. The lowest BCUT2D eigenvalue weighted by Gasteiger charge is -2.21. The van der Waals surface area contributed by atoms with E-state index in [1.54, 1.807) is 0 Å². The molecule has 0 unspecified atom stereocenters. The van der Waals surface area contributed by atoms with Gasteiger partial charge >= 0.3 is 0 Å². The molecule has 0 aliphatic carbocycles. The van der Waals surface area contributed by atoms with Crippen LogP contribution in [0.1, 0.15) is 26.6 Å². The topological polar surface area (TPSA) is 34.5 Å². The van der Waals surface area contributed by atoms with Gasteiger partial charge in [-0.25, -0.2) is 14.8 Å². The SMILES string of the molecule is [C-]#[N+]c1cccc2c1nc(C(C)(C)C)n1c3ccccc3nc21. The minimum atomic E-state index is -0.162. The number of hydrogen-bond donors (Lipinski definition) is 0. The Bertz CT molecular complexity index is 1110. The van der Waals surface area contributed by atoms with Crippen LogP contribution in [0.3, 0.4) is 0 Å². The van der Waals surface area contributed by atoms with Gasteiger partial charge in [0.25, 0.3) is 0 Å². The summed E-state index contributed by atoms with van der Waals surface area (Å²) in [5.41, 5.74) is 4.00. The second-order valence-corrected chi connectivity index (χ2v) is 6.73. The number of para-hydroxylation sites is 3. The Morgan fingerprint density at radius 1 is 1.00 bits per heavy atom. The van der Waals surface area contributed by atoms with E-state index < -0.39 is 0 Å². The zero-order chi connectivity index (χ0) is 16.2. The molecule has 4 heteroatoms. The van der Waals surface area contributed by atoms with Crippen molar-refractivity contribution in [1.82, 2.24) is 14.4 Å². The molecule has 4 nitrogen and oxygen atoms in total. The standard InChI is InChI=1S/C19H16N4/c1-19(2,3)18-22-16-12(8-7-10-14(16)20-4)17-21-13-9-5-6-11-15(13)23(17)18/h5-11H,1-3H3. The normalized spacial score (nSPS) is 12.1. The second kappa shape index (κ2) is 4.53. The van der Waals surface area contributed by atoms with Gasteiger partial charge in [-0.2, -0.15) is 0 Å². The Morgan fingerprint density at radius 2 is 1.78 bits per heavy atom. The van der Waals surface area contributed by atoms with Crippen molar-refractivity contribution in [3.05, 3.63) is 59.7 Å². The molecule has 0 spiro atoms. The summed E-state index contributed by atoms with van der Waals surface area (Å²) in [4.78, 5) is 13.3. The Balaban J connectivity index is 2.35. The summed E-state index contributed by atoms with van der Waals surface area (Å²) in [6.07, 6.45) is 0. The summed E-state index contributed by atoms with van der Waals surface area (Å²) in [6.45, 7) is 13.8. The van der Waals surface area contributed by atoms with E-state index in [9.17, 15) is 0 Å². The van der Waals surface area contributed by atoms with E-state index in [1.807, 2.05) is 36.4 Å². The number of imidazole rings is 1. The molecule has 2 aromatic heterocycles. The van der Waals surface area contributed by atoms with E-state index in [0.717, 1.165) is 33.4 Å². The van der Waals surface area contributed by atoms with Gasteiger partial charge in [0.2, 0.25) is 5.69 Å². The molecule has 0 saturated carbocycles. The van der Waals surface area contributed by atoms with Crippen LogP contribution in [0.4, 0.5) is 5.69 Å². The van der Waals surface area contributed by atoms with Gasteiger partial charge in [0, 0.05) is 10.8 Å². The maximum absolute atomic E-state index is 7.43. The largest absolute Gasteiger partial charge is 0.279 e. The van der Waals surface area contributed by atoms with Gasteiger partial charge in [0.1, 0.15) is 11.5 Å². The van der Waals surface area contributed by atoms with E-state index in [1.165, 1.54) is 0 Å². The summed E-state index contributed by atoms with van der Waals surface area (Å²) < 4.78 is 2.13. The highest BCUT2D eigenvalue weighted by atomic mass is 15.1. The fourth-order valence-electron chi connectivity index (χ4n) is 3.00. The highest BCUT2D eigenvalue weighted by molar-refractivity contribution is 6.02. The van der Waals surface area contributed by atoms with Crippen molar-refractivity contribution >= 4 is 33.3 Å². The van der Waals surface area contributed by atoms with Crippen LogP contribution in [-0.4, -0.2) is 14.4 Å². The molecule has 0 bridgehead atoms. The lowest BCUT2D eigenvalue weighted by Crippen LogP contribution is -2.19. The molecule has 4 rings (SSSR count). The van der Waals surface area contributed by atoms with Crippen molar-refractivity contribution in [1.29, 1.82) is 0 Å². The molecule has 2 aromatic carbocycles. The van der Waals surface area contributed by atoms with E-state index >= 15 is 0 Å². The first-order valence-corrected chi connectivity index (χ1v) is 7.58. The second-order valence-electron chi connectivity index (χ2n) is 6.73. The third-order valence-corrected chi connectivity index (χ3v) is 4.04. The van der Waals surface area contributed by atoms with Gasteiger partial charge in [-0.1, -0.05) is 51.1 Å². The maximum Gasteiger partial charge on any atom is 0.213 e. The van der Waals surface area contributed by atoms with Crippen LogP contribution in [0, 0.1) is 6.57 Å². The van der Waals surface area contributed by atoms with Gasteiger partial charge in [-0.05, 0) is 12.1 Å². The first-order chi connectivity index (χ1) is 11.0. The van der Waals surface area contributed by atoms with Gasteiger partial charge in [0.15, 0.2) is 0 Å². The van der Waals surface area contributed by atoms with Crippen molar-refractivity contribution in [2.45, 2.75) is 26.2 Å². The number of hydrogen-bond acceptors (Lipinski definition) is 2. The van der Waals surface area contributed by atoms with E-state index in [4.69, 9.17) is 16.5 Å². The number of nitrogens with zero attached hydrogens (tertiary/aromatic N) is 4. The van der Waals surface area contributed by atoms with Crippen LogP contribution >= 0.6 is 0 Å². The zero-order valence-corrected chi connectivity index (χ0v) is 13.3. The van der Waals surface area contributed by atoms with E-state index in [-0.39, 0.29) is 5.41 Å². The predicted octanol–water partition coefficient (Wildman–Crippen LogP) is 4.88. The van der Waals surface area contributed by atoms with Crippen LogP contribution in [0.5, 0.6) is 0 Å². The summed E-state index contributed by atoms with van der Waals surface area (Å²) in [6, 6.07) is 13.8. The first kappa shape index (κ1) is 13.7. The molecule has 0 atom stereocenters. The average molecular weight is 300 g/mol. The summed E-state index contributed by atoms with van der Waals surface area (Å²) in [5.74, 6) is 0.921. The van der Waals surface area contributed by atoms with E-state index in [2.05, 4.69) is 36.1 Å². The minimum absolute atomic E-state index is 0.162. The number of aromatic nitrogens is 3. The lowest BCUT2D eigenvalue weighted by atomic mass is 9.95. The van der Waals surface area contributed by atoms with E-state index in [0.29, 0.717) is 5.69 Å². The van der Waals surface area contributed by atoms with Crippen LogP contribution in [0.15, 0.2) is 42.5 Å². The predicted molar refractivity (Wildman–Crippen MR) is 93.0 cm³/mol. The molecule has 0 aliphatic rings. The Kier molecular flexibility index (Phi) is 2.70. The molecule has 2 heterocycles. The van der Waals surface area contributed by atoms with Gasteiger partial charge in [0.05, 0.1) is 23.1 Å². The molecule has 0 amide bonds. The average Bonchev–Trinajstić information content (AvgIpc) is 2.92. The molecule has 23 heavy (non-hydrogen) atoms. The number of rotatable bonds is 0. The van der Waals surface area contributed by atoms with Gasteiger partial charge in [-0.15, -0.1) is 0 Å². The highest BCUT2D eigenvalue weighted by Crippen LogP contribution is 2.33. The molecule has 0 fully saturated rings. The monoisotopic (exact) mass is 300 g/mol. The third-order valence-electron chi connectivity index (χ3n) is 4.04. The van der Waals surface area contributed by atoms with Crippen molar-refractivity contribution in [2.24, 2.45) is 0 Å². The molecule has 0 N–H and O–H groups in total. The first-order valence-electron chi connectivity index (χ1n) is 7.58. The Hall–Kier alpha value is -2.93.